The molecule has 3 heteroatoms. The van der Waals surface area contributed by atoms with E-state index in [1.165, 1.54) is 18.4 Å². The Morgan fingerprint density at radius 1 is 1.19 bits per heavy atom. The number of aromatic carboxylic acids is 1. The molecular weight excluding hydrogens is 202 g/mol. The van der Waals surface area contributed by atoms with Gasteiger partial charge in [-0.1, -0.05) is 25.0 Å². The summed E-state index contributed by atoms with van der Waals surface area (Å²) in [5.41, 5.74) is 7.61. The lowest BCUT2D eigenvalue weighted by Gasteiger charge is -2.28. The summed E-state index contributed by atoms with van der Waals surface area (Å²) in [7, 11) is 0. The average Bonchev–Trinajstić information content (AvgIpc) is 2.30. The lowest BCUT2D eigenvalue weighted by molar-refractivity contribution is 0.0697. The van der Waals surface area contributed by atoms with E-state index >= 15 is 0 Å². The van der Waals surface area contributed by atoms with E-state index in [0.717, 1.165) is 12.8 Å². The van der Waals surface area contributed by atoms with Crippen LogP contribution in [0.2, 0.25) is 0 Å². The van der Waals surface area contributed by atoms with Crippen molar-refractivity contribution in [3.8, 4) is 0 Å². The molecule has 1 aromatic carbocycles. The molecule has 1 saturated carbocycles. The van der Waals surface area contributed by atoms with E-state index in [1.54, 1.807) is 12.1 Å². The van der Waals surface area contributed by atoms with Crippen LogP contribution in [0.5, 0.6) is 0 Å². The fourth-order valence-electron chi connectivity index (χ4n) is 2.45. The Kier molecular flexibility index (Phi) is 3.25. The molecule has 0 bridgehead atoms. The molecule has 2 rings (SSSR count). The Bertz CT molecular complexity index is 372. The van der Waals surface area contributed by atoms with Gasteiger partial charge in [0.25, 0.3) is 0 Å². The quantitative estimate of drug-likeness (QED) is 0.802. The fraction of sp³-hybridized carbons (Fsp3) is 0.462. The third-order valence-electron chi connectivity index (χ3n) is 3.41. The molecule has 0 amide bonds. The van der Waals surface area contributed by atoms with E-state index in [0.29, 0.717) is 11.5 Å². The predicted molar refractivity (Wildman–Crippen MR) is 62.6 cm³/mol. The molecule has 1 aliphatic rings. The molecule has 1 aromatic rings. The molecular formula is C13H17NO2. The Morgan fingerprint density at radius 3 is 2.38 bits per heavy atom. The zero-order chi connectivity index (χ0) is 11.5. The van der Waals surface area contributed by atoms with Crippen LogP contribution >= 0.6 is 0 Å². The van der Waals surface area contributed by atoms with E-state index in [4.69, 9.17) is 10.8 Å². The van der Waals surface area contributed by atoms with Gasteiger partial charge in [-0.3, -0.25) is 0 Å². The summed E-state index contributed by atoms with van der Waals surface area (Å²) in [6.45, 7) is 0. The van der Waals surface area contributed by atoms with Gasteiger partial charge in [0.2, 0.25) is 0 Å². The van der Waals surface area contributed by atoms with Crippen molar-refractivity contribution in [3.63, 3.8) is 0 Å². The minimum atomic E-state index is -0.875. The smallest absolute Gasteiger partial charge is 0.335 e. The molecule has 0 saturated heterocycles. The van der Waals surface area contributed by atoms with Crippen molar-refractivity contribution in [2.24, 2.45) is 5.73 Å². The molecule has 1 aliphatic carbocycles. The van der Waals surface area contributed by atoms with Crippen LogP contribution in [0.4, 0.5) is 0 Å². The summed E-state index contributed by atoms with van der Waals surface area (Å²) in [6.07, 6.45) is 4.63. The largest absolute Gasteiger partial charge is 0.478 e. The first-order valence-corrected chi connectivity index (χ1v) is 5.77. The molecule has 0 spiro atoms. The highest BCUT2D eigenvalue weighted by molar-refractivity contribution is 5.87. The molecule has 3 nitrogen and oxygen atoms in total. The minimum absolute atomic E-state index is 0.226. The van der Waals surface area contributed by atoms with E-state index in [9.17, 15) is 4.79 Å². The summed E-state index contributed by atoms with van der Waals surface area (Å²) in [5.74, 6) is -0.476. The topological polar surface area (TPSA) is 63.3 Å². The predicted octanol–water partition coefficient (Wildman–Crippen LogP) is 2.37. The summed E-state index contributed by atoms with van der Waals surface area (Å²) in [5, 5.41) is 8.81. The van der Waals surface area contributed by atoms with Crippen LogP contribution < -0.4 is 5.73 Å². The summed E-state index contributed by atoms with van der Waals surface area (Å²) < 4.78 is 0. The van der Waals surface area contributed by atoms with Gasteiger partial charge < -0.3 is 10.8 Å². The molecule has 0 radical (unpaired) electrons. The first-order valence-electron chi connectivity index (χ1n) is 5.77. The summed E-state index contributed by atoms with van der Waals surface area (Å²) >= 11 is 0. The number of hydrogen-bond acceptors (Lipinski definition) is 2. The van der Waals surface area contributed by atoms with Crippen LogP contribution in [-0.4, -0.2) is 17.1 Å². The van der Waals surface area contributed by atoms with E-state index in [1.807, 2.05) is 12.1 Å². The van der Waals surface area contributed by atoms with Crippen molar-refractivity contribution in [3.05, 3.63) is 35.4 Å². The van der Waals surface area contributed by atoms with Gasteiger partial charge in [0.1, 0.15) is 0 Å². The fourth-order valence-corrected chi connectivity index (χ4v) is 2.45. The third kappa shape index (κ3) is 2.25. The highest BCUT2D eigenvalue weighted by Gasteiger charge is 2.23. The molecule has 2 atom stereocenters. The van der Waals surface area contributed by atoms with Crippen molar-refractivity contribution in [1.29, 1.82) is 0 Å². The Labute approximate surface area is 95.3 Å². The van der Waals surface area contributed by atoms with E-state index < -0.39 is 5.97 Å². The highest BCUT2D eigenvalue weighted by Crippen LogP contribution is 2.31. The van der Waals surface area contributed by atoms with Crippen LogP contribution in [-0.2, 0) is 0 Å². The number of hydrogen-bond donors (Lipinski definition) is 2. The molecule has 3 N–H and O–H groups in total. The van der Waals surface area contributed by atoms with Crippen LogP contribution in [0.15, 0.2) is 24.3 Å². The minimum Gasteiger partial charge on any atom is -0.478 e. The Hall–Kier alpha value is -1.35. The van der Waals surface area contributed by atoms with Crippen molar-refractivity contribution >= 4 is 5.97 Å². The van der Waals surface area contributed by atoms with Gasteiger partial charge in [-0.15, -0.1) is 0 Å². The molecule has 16 heavy (non-hydrogen) atoms. The number of rotatable bonds is 2. The maximum absolute atomic E-state index is 10.7. The molecule has 1 fully saturated rings. The molecule has 0 aliphatic heterocycles. The second-order valence-electron chi connectivity index (χ2n) is 4.48. The molecule has 0 heterocycles. The van der Waals surface area contributed by atoms with Crippen molar-refractivity contribution in [1.82, 2.24) is 0 Å². The van der Waals surface area contributed by atoms with E-state index in [-0.39, 0.29) is 6.04 Å². The third-order valence-corrected chi connectivity index (χ3v) is 3.41. The Morgan fingerprint density at radius 2 is 1.81 bits per heavy atom. The maximum atomic E-state index is 10.7. The maximum Gasteiger partial charge on any atom is 0.335 e. The van der Waals surface area contributed by atoms with Gasteiger partial charge in [-0.2, -0.15) is 0 Å². The normalized spacial score (nSPS) is 25.3. The Balaban J connectivity index is 2.17. The zero-order valence-corrected chi connectivity index (χ0v) is 9.23. The molecule has 86 valence electrons. The second kappa shape index (κ2) is 4.66. The number of carbonyl (C=O) groups is 1. The average molecular weight is 219 g/mol. The van der Waals surface area contributed by atoms with Crippen molar-refractivity contribution < 1.29 is 9.90 Å². The van der Waals surface area contributed by atoms with Gasteiger partial charge >= 0.3 is 5.97 Å². The van der Waals surface area contributed by atoms with Crippen LogP contribution in [0.25, 0.3) is 0 Å². The second-order valence-corrected chi connectivity index (χ2v) is 4.48. The van der Waals surface area contributed by atoms with Crippen LogP contribution in [0.1, 0.15) is 47.5 Å². The van der Waals surface area contributed by atoms with Gasteiger partial charge in [0.15, 0.2) is 0 Å². The molecule has 2 unspecified atom stereocenters. The van der Waals surface area contributed by atoms with Crippen molar-refractivity contribution in [2.75, 3.05) is 0 Å². The lowest BCUT2D eigenvalue weighted by Crippen LogP contribution is -2.31. The molecule has 0 aromatic heterocycles. The number of carboxylic acids is 1. The first-order chi connectivity index (χ1) is 7.68. The summed E-state index contributed by atoms with van der Waals surface area (Å²) in [6, 6.07) is 7.36. The number of benzene rings is 1. The lowest BCUT2D eigenvalue weighted by atomic mass is 9.80. The zero-order valence-electron chi connectivity index (χ0n) is 9.23. The standard InChI is InChI=1S/C13H17NO2/c14-12-4-2-1-3-11(12)9-5-7-10(8-6-9)13(15)16/h5-8,11-12H,1-4,14H2,(H,15,16). The highest BCUT2D eigenvalue weighted by atomic mass is 16.4. The van der Waals surface area contributed by atoms with E-state index in [2.05, 4.69) is 0 Å². The SMILES string of the molecule is NC1CCCCC1c1ccc(C(=O)O)cc1. The number of nitrogens with two attached hydrogens (primary N) is 1. The number of carboxylic acid groups (broad SMARTS) is 1. The van der Waals surface area contributed by atoms with Crippen LogP contribution in [0, 0.1) is 0 Å². The van der Waals surface area contributed by atoms with Crippen LogP contribution in [0.3, 0.4) is 0 Å². The monoisotopic (exact) mass is 219 g/mol. The van der Waals surface area contributed by atoms with Gasteiger partial charge in [-0.05, 0) is 36.5 Å². The van der Waals surface area contributed by atoms with Gasteiger partial charge in [0, 0.05) is 6.04 Å². The van der Waals surface area contributed by atoms with Gasteiger partial charge in [-0.25, -0.2) is 4.79 Å². The van der Waals surface area contributed by atoms with Gasteiger partial charge in [0.05, 0.1) is 5.56 Å². The summed E-state index contributed by atoms with van der Waals surface area (Å²) in [4.78, 5) is 10.7. The first kappa shape index (κ1) is 11.1. The van der Waals surface area contributed by atoms with Crippen molar-refractivity contribution in [2.45, 2.75) is 37.6 Å².